The molecule has 1 unspecified atom stereocenters. The van der Waals surface area contributed by atoms with Crippen LogP contribution in [0.4, 0.5) is 4.39 Å². The molecule has 38 heavy (non-hydrogen) atoms. The van der Waals surface area contributed by atoms with Crippen molar-refractivity contribution < 1.29 is 18.3 Å². The molecule has 8 heteroatoms. The highest BCUT2D eigenvalue weighted by atomic mass is 19.1. The van der Waals surface area contributed by atoms with Gasteiger partial charge in [0.05, 0.1) is 52.8 Å². The van der Waals surface area contributed by atoms with Crippen molar-refractivity contribution in [1.82, 2.24) is 24.5 Å². The molecule has 0 saturated carbocycles. The molecule has 0 saturated heterocycles. The summed E-state index contributed by atoms with van der Waals surface area (Å²) in [5.41, 5.74) is 3.28. The van der Waals surface area contributed by atoms with Crippen LogP contribution in [0.15, 0.2) is 66.4 Å². The number of aromatic nitrogens is 5. The lowest BCUT2D eigenvalue weighted by Crippen LogP contribution is -2.20. The number of aliphatic hydroxyl groups is 1. The van der Waals surface area contributed by atoms with E-state index < -0.39 is 18.3 Å². The van der Waals surface area contributed by atoms with Gasteiger partial charge in [-0.1, -0.05) is 41.6 Å². The highest BCUT2D eigenvalue weighted by Crippen LogP contribution is 2.41. The van der Waals surface area contributed by atoms with Gasteiger partial charge >= 0.3 is 0 Å². The molecule has 5 aromatic rings. The third-order valence-corrected chi connectivity index (χ3v) is 7.18. The van der Waals surface area contributed by atoms with Gasteiger partial charge in [-0.15, -0.1) is 5.10 Å². The number of hydrogen-bond acceptors (Lipinski definition) is 5. The molecule has 1 aliphatic heterocycles. The molecule has 1 atom stereocenters. The Morgan fingerprint density at radius 2 is 1.97 bits per heavy atom. The van der Waals surface area contributed by atoms with E-state index in [9.17, 15) is 5.11 Å². The van der Waals surface area contributed by atoms with Gasteiger partial charge in [-0.05, 0) is 56.5 Å². The molecule has 0 aliphatic carbocycles. The smallest absolute Gasteiger partial charge is 0.133 e. The highest BCUT2D eigenvalue weighted by Gasteiger charge is 2.28. The van der Waals surface area contributed by atoms with Crippen molar-refractivity contribution >= 4 is 21.9 Å². The summed E-state index contributed by atoms with van der Waals surface area (Å²) in [4.78, 5) is 4.71. The molecular formula is C30H30FN5O2. The summed E-state index contributed by atoms with van der Waals surface area (Å²) in [6.07, 6.45) is 4.54. The fourth-order valence-corrected chi connectivity index (χ4v) is 5.31. The van der Waals surface area contributed by atoms with Crippen LogP contribution in [0.3, 0.4) is 0 Å². The van der Waals surface area contributed by atoms with Gasteiger partial charge in [-0.25, -0.2) is 9.07 Å². The predicted octanol–water partition coefficient (Wildman–Crippen LogP) is 5.60. The Kier molecular flexibility index (Phi) is 5.08. The monoisotopic (exact) mass is 514 g/mol. The van der Waals surface area contributed by atoms with Gasteiger partial charge in [0.1, 0.15) is 5.82 Å². The van der Waals surface area contributed by atoms with Crippen LogP contribution in [-0.4, -0.2) is 42.9 Å². The Hall–Kier alpha value is -3.88. The third-order valence-electron chi connectivity index (χ3n) is 7.18. The lowest BCUT2D eigenvalue weighted by molar-refractivity contribution is 0.0784. The third kappa shape index (κ3) is 4.01. The second-order valence-corrected chi connectivity index (χ2v) is 10.2. The maximum atomic E-state index is 16.0. The van der Waals surface area contributed by atoms with E-state index in [0.29, 0.717) is 40.7 Å². The van der Waals surface area contributed by atoms with E-state index >= 15 is 4.39 Å². The lowest BCUT2D eigenvalue weighted by Gasteiger charge is -2.27. The quantitative estimate of drug-likeness (QED) is 0.309. The van der Waals surface area contributed by atoms with E-state index in [2.05, 4.69) is 21.0 Å². The van der Waals surface area contributed by atoms with Gasteiger partial charge in [0, 0.05) is 33.9 Å². The van der Waals surface area contributed by atoms with Crippen molar-refractivity contribution in [3.63, 3.8) is 0 Å². The Labute approximate surface area is 224 Å². The summed E-state index contributed by atoms with van der Waals surface area (Å²) in [7, 11) is 1.55. The van der Waals surface area contributed by atoms with E-state index in [1.165, 1.54) is 10.7 Å². The Bertz CT molecular complexity index is 1800. The molecule has 2 aromatic carbocycles. The molecule has 7 nitrogen and oxygen atoms in total. The maximum Gasteiger partial charge on any atom is 0.133 e. The molecule has 0 bridgehead atoms. The van der Waals surface area contributed by atoms with Crippen LogP contribution < -0.4 is 0 Å². The molecule has 4 heterocycles. The van der Waals surface area contributed by atoms with Gasteiger partial charge in [0.25, 0.3) is 0 Å². The van der Waals surface area contributed by atoms with E-state index in [-0.39, 0.29) is 23.0 Å². The zero-order chi connectivity index (χ0) is 29.1. The highest BCUT2D eigenvalue weighted by molar-refractivity contribution is 6.07. The molecule has 1 aliphatic rings. The van der Waals surface area contributed by atoms with E-state index in [0.717, 1.165) is 17.6 Å². The summed E-state index contributed by atoms with van der Waals surface area (Å²) in [6.45, 7) is 1.85. The summed E-state index contributed by atoms with van der Waals surface area (Å²) < 4.78 is 49.1. The van der Waals surface area contributed by atoms with Crippen LogP contribution in [0.2, 0.25) is 0 Å². The average molecular weight is 515 g/mol. The fraction of sp³-hybridized carbons (Fsp3) is 0.300. The number of benzene rings is 2. The summed E-state index contributed by atoms with van der Waals surface area (Å²) in [5, 5.41) is 19.2. The number of ether oxygens (including phenoxy) is 1. The van der Waals surface area contributed by atoms with Crippen molar-refractivity contribution in [2.24, 2.45) is 7.05 Å². The van der Waals surface area contributed by atoms with Crippen molar-refractivity contribution in [1.29, 1.82) is 0 Å². The number of hydrogen-bond donors (Lipinski definition) is 1. The van der Waals surface area contributed by atoms with Gasteiger partial charge in [-0.2, -0.15) is 0 Å². The predicted molar refractivity (Wildman–Crippen MR) is 145 cm³/mol. The minimum absolute atomic E-state index is 0.0728. The average Bonchev–Trinajstić information content (AvgIpc) is 3.47. The fourth-order valence-electron chi connectivity index (χ4n) is 5.31. The van der Waals surface area contributed by atoms with Crippen LogP contribution in [0.5, 0.6) is 0 Å². The lowest BCUT2D eigenvalue weighted by atomic mass is 9.96. The first-order valence-electron chi connectivity index (χ1n) is 14.0. The van der Waals surface area contributed by atoms with Gasteiger partial charge < -0.3 is 14.4 Å². The molecule has 0 amide bonds. The zero-order valence-electron chi connectivity index (χ0n) is 24.4. The summed E-state index contributed by atoms with van der Waals surface area (Å²) in [6, 6.07) is 14.6. The van der Waals surface area contributed by atoms with Crippen LogP contribution in [-0.2, 0) is 17.4 Å². The van der Waals surface area contributed by atoms with Crippen LogP contribution in [0, 0.1) is 12.7 Å². The van der Waals surface area contributed by atoms with Gasteiger partial charge in [0.2, 0.25) is 0 Å². The Morgan fingerprint density at radius 1 is 1.16 bits per heavy atom. The van der Waals surface area contributed by atoms with Crippen LogP contribution in [0.25, 0.3) is 33.2 Å². The number of fused-ring (bicyclic) bond motifs is 3. The molecule has 6 rings (SSSR count). The SMILES string of the molecule is [2H]C([2H])([2H])c1nnn(C)c1-c1cc2c(cc1F)c1ncc(C(C)(C)O)cc1n2C(C1=CCCOC1)c1ccccc1. The van der Waals surface area contributed by atoms with Gasteiger partial charge in [0.15, 0.2) is 0 Å². The van der Waals surface area contributed by atoms with Gasteiger partial charge in [-0.3, -0.25) is 4.98 Å². The Balaban J connectivity index is 1.74. The molecule has 1 N–H and O–H groups in total. The van der Waals surface area contributed by atoms with E-state index in [4.69, 9.17) is 13.8 Å². The van der Waals surface area contributed by atoms with Crippen molar-refractivity contribution in [3.05, 3.63) is 89.0 Å². The summed E-state index contributed by atoms with van der Waals surface area (Å²) >= 11 is 0. The second-order valence-electron chi connectivity index (χ2n) is 10.2. The topological polar surface area (TPSA) is 78.0 Å². The number of nitrogens with zero attached hydrogens (tertiary/aromatic N) is 5. The van der Waals surface area contributed by atoms with Crippen molar-refractivity contribution in [3.8, 4) is 11.3 Å². The first-order chi connectivity index (χ1) is 19.4. The largest absolute Gasteiger partial charge is 0.386 e. The minimum atomic E-state index is -2.59. The van der Waals surface area contributed by atoms with Crippen molar-refractivity contribution in [2.45, 2.75) is 38.8 Å². The molecule has 0 spiro atoms. The summed E-state index contributed by atoms with van der Waals surface area (Å²) in [5.74, 6) is -0.614. The van der Waals surface area contributed by atoms with Crippen LogP contribution >= 0.6 is 0 Å². The normalized spacial score (nSPS) is 16.8. The second kappa shape index (κ2) is 9.15. The maximum absolute atomic E-state index is 16.0. The number of halogens is 1. The minimum Gasteiger partial charge on any atom is -0.386 e. The number of aryl methyl sites for hydroxylation is 2. The molecule has 194 valence electrons. The van der Waals surface area contributed by atoms with E-state index in [1.807, 2.05) is 36.4 Å². The van der Waals surface area contributed by atoms with Crippen LogP contribution in [0.1, 0.15) is 47.2 Å². The first kappa shape index (κ1) is 21.1. The molecular weight excluding hydrogens is 481 g/mol. The van der Waals surface area contributed by atoms with E-state index in [1.54, 1.807) is 33.2 Å². The first-order valence-corrected chi connectivity index (χ1v) is 12.5. The van der Waals surface area contributed by atoms with Crippen molar-refractivity contribution in [2.75, 3.05) is 13.2 Å². The zero-order valence-corrected chi connectivity index (χ0v) is 21.4. The molecule has 3 aromatic heterocycles. The standard InChI is InChI=1S/C30H30FN5O2/c1-18-28(35(4)34-33-18)22-15-25-23(14-24(22)31)27-26(13-21(16-32-27)30(2,3)37)36(25)29(19-9-6-5-7-10-19)20-11-8-12-38-17-20/h5-7,9-11,13-16,29,37H,8,12,17H2,1-4H3/i1D3. The number of pyridine rings is 1. The molecule has 0 fully saturated rings. The Morgan fingerprint density at radius 3 is 2.68 bits per heavy atom. The number of rotatable bonds is 5. The molecule has 0 radical (unpaired) electrons.